The molecule has 24 heavy (non-hydrogen) atoms. The van der Waals surface area contributed by atoms with Crippen LogP contribution in [0.1, 0.15) is 26.5 Å². The highest BCUT2D eigenvalue weighted by Gasteiger charge is 2.20. The third kappa shape index (κ3) is 3.07. The number of nitrogens with two attached hydrogens (primary N) is 1. The Morgan fingerprint density at radius 2 is 1.92 bits per heavy atom. The average Bonchev–Trinajstić information content (AvgIpc) is 2.88. The summed E-state index contributed by atoms with van der Waals surface area (Å²) in [6, 6.07) is 7.31. The third-order valence-corrected chi connectivity index (χ3v) is 5.70. The molecule has 0 saturated heterocycles. The Balaban J connectivity index is 1.88. The van der Waals surface area contributed by atoms with Gasteiger partial charge >= 0.3 is 0 Å². The van der Waals surface area contributed by atoms with Gasteiger partial charge in [-0.05, 0) is 37.1 Å². The van der Waals surface area contributed by atoms with Gasteiger partial charge in [0.2, 0.25) is 0 Å². The minimum atomic E-state index is -0.223. The number of nitrogens with zero attached hydrogens (tertiary/aromatic N) is 1. The van der Waals surface area contributed by atoms with Crippen LogP contribution in [0.25, 0.3) is 10.2 Å². The summed E-state index contributed by atoms with van der Waals surface area (Å²) >= 11 is 13.4. The van der Waals surface area contributed by atoms with E-state index in [2.05, 4.69) is 10.3 Å². The van der Waals surface area contributed by atoms with Gasteiger partial charge in [0.15, 0.2) is 0 Å². The molecule has 1 aromatic carbocycles. The number of benzene rings is 1. The molecule has 0 unspecified atom stereocenters. The van der Waals surface area contributed by atoms with E-state index in [0.717, 1.165) is 27.0 Å². The fourth-order valence-corrected chi connectivity index (χ4v) is 3.87. The van der Waals surface area contributed by atoms with Crippen LogP contribution in [0.15, 0.2) is 24.3 Å². The standard InChI is InChI=1S/C17H15Cl2N3OS/c1-8-12-14(20)15(24-17(12)22-9(2)13(8)19)16(23)21-7-10-3-5-11(18)6-4-10/h3-6H,7,20H2,1-2H3,(H,21,23). The van der Waals surface area contributed by atoms with E-state index >= 15 is 0 Å². The average molecular weight is 380 g/mol. The first-order valence-electron chi connectivity index (χ1n) is 7.25. The number of hydrogen-bond acceptors (Lipinski definition) is 4. The molecule has 0 aliphatic carbocycles. The van der Waals surface area contributed by atoms with Crippen LogP contribution in [0.5, 0.6) is 0 Å². The molecule has 3 aromatic rings. The number of carbonyl (C=O) groups is 1. The summed E-state index contributed by atoms with van der Waals surface area (Å²) in [4.78, 5) is 18.1. The molecular formula is C17H15Cl2N3OS. The molecule has 1 amide bonds. The molecule has 0 saturated carbocycles. The summed E-state index contributed by atoms with van der Waals surface area (Å²) in [5.74, 6) is -0.223. The molecular weight excluding hydrogens is 365 g/mol. The molecule has 124 valence electrons. The minimum Gasteiger partial charge on any atom is -0.397 e. The lowest BCUT2D eigenvalue weighted by Gasteiger charge is -2.05. The first kappa shape index (κ1) is 17.0. The molecule has 0 fully saturated rings. The van der Waals surface area contributed by atoms with E-state index in [1.54, 1.807) is 12.1 Å². The molecule has 2 aromatic heterocycles. The van der Waals surface area contributed by atoms with Gasteiger partial charge in [0.25, 0.3) is 5.91 Å². The number of rotatable bonds is 3. The maximum absolute atomic E-state index is 12.5. The molecule has 0 aliphatic heterocycles. The maximum atomic E-state index is 12.5. The number of hydrogen-bond donors (Lipinski definition) is 2. The van der Waals surface area contributed by atoms with Crippen LogP contribution in [-0.4, -0.2) is 10.9 Å². The van der Waals surface area contributed by atoms with E-state index in [0.29, 0.717) is 27.2 Å². The number of fused-ring (bicyclic) bond motifs is 1. The Kier molecular flexibility index (Phi) is 4.67. The number of aryl methyl sites for hydroxylation is 2. The number of pyridine rings is 1. The summed E-state index contributed by atoms with van der Waals surface area (Å²) < 4.78 is 0. The quantitative estimate of drug-likeness (QED) is 0.690. The summed E-state index contributed by atoms with van der Waals surface area (Å²) in [6.45, 7) is 4.12. The van der Waals surface area contributed by atoms with Gasteiger partial charge in [-0.25, -0.2) is 4.98 Å². The topological polar surface area (TPSA) is 68.0 Å². The van der Waals surface area contributed by atoms with E-state index in [1.807, 2.05) is 26.0 Å². The van der Waals surface area contributed by atoms with Crippen molar-refractivity contribution < 1.29 is 4.79 Å². The van der Waals surface area contributed by atoms with Crippen molar-refractivity contribution in [3.05, 3.63) is 56.0 Å². The highest BCUT2D eigenvalue weighted by Crippen LogP contribution is 2.38. The lowest BCUT2D eigenvalue weighted by Crippen LogP contribution is -2.22. The number of aromatic nitrogens is 1. The maximum Gasteiger partial charge on any atom is 0.263 e. The second-order valence-electron chi connectivity index (χ2n) is 5.47. The molecule has 7 heteroatoms. The third-order valence-electron chi connectivity index (χ3n) is 3.79. The van der Waals surface area contributed by atoms with E-state index in [4.69, 9.17) is 28.9 Å². The number of anilines is 1. The monoisotopic (exact) mass is 379 g/mol. The van der Waals surface area contributed by atoms with E-state index < -0.39 is 0 Å². The first-order valence-corrected chi connectivity index (χ1v) is 8.83. The van der Waals surface area contributed by atoms with Crippen molar-refractivity contribution >= 4 is 56.3 Å². The molecule has 0 aliphatic rings. The Bertz CT molecular complexity index is 935. The Labute approximate surface area is 153 Å². The number of carbonyl (C=O) groups excluding carboxylic acids is 1. The fraction of sp³-hybridized carbons (Fsp3) is 0.176. The minimum absolute atomic E-state index is 0.223. The van der Waals surface area contributed by atoms with Crippen LogP contribution >= 0.6 is 34.5 Å². The number of thiophene rings is 1. The SMILES string of the molecule is Cc1nc2sc(C(=O)NCc3ccc(Cl)cc3)c(N)c2c(C)c1Cl. The van der Waals surface area contributed by atoms with Gasteiger partial charge in [-0.2, -0.15) is 0 Å². The smallest absolute Gasteiger partial charge is 0.263 e. The van der Waals surface area contributed by atoms with E-state index in [9.17, 15) is 4.79 Å². The number of amides is 1. The van der Waals surface area contributed by atoms with Gasteiger partial charge in [-0.1, -0.05) is 35.3 Å². The molecule has 2 heterocycles. The van der Waals surface area contributed by atoms with Crippen LogP contribution in [0.3, 0.4) is 0 Å². The van der Waals surface area contributed by atoms with Gasteiger partial charge in [-0.15, -0.1) is 11.3 Å². The summed E-state index contributed by atoms with van der Waals surface area (Å²) in [6.07, 6.45) is 0. The van der Waals surface area contributed by atoms with Gasteiger partial charge in [0, 0.05) is 17.0 Å². The van der Waals surface area contributed by atoms with Crippen LogP contribution in [0.4, 0.5) is 5.69 Å². The second-order valence-corrected chi connectivity index (χ2v) is 7.28. The van der Waals surface area contributed by atoms with Crippen LogP contribution in [-0.2, 0) is 6.54 Å². The van der Waals surface area contributed by atoms with E-state index in [1.165, 1.54) is 11.3 Å². The van der Waals surface area contributed by atoms with Crippen molar-refractivity contribution in [2.45, 2.75) is 20.4 Å². The predicted octanol–water partition coefficient (Wildman–Crippen LogP) is 4.73. The molecule has 0 bridgehead atoms. The molecule has 0 spiro atoms. The summed E-state index contributed by atoms with van der Waals surface area (Å²) in [7, 11) is 0. The van der Waals surface area contributed by atoms with Crippen molar-refractivity contribution in [3.8, 4) is 0 Å². The largest absolute Gasteiger partial charge is 0.397 e. The van der Waals surface area contributed by atoms with Gasteiger partial charge < -0.3 is 11.1 Å². The fourth-order valence-electron chi connectivity index (χ4n) is 2.49. The van der Waals surface area contributed by atoms with Crippen molar-refractivity contribution in [1.29, 1.82) is 0 Å². The number of nitrogen functional groups attached to an aromatic ring is 1. The highest BCUT2D eigenvalue weighted by atomic mass is 35.5. The normalized spacial score (nSPS) is 11.0. The Hall–Kier alpha value is -1.82. The summed E-state index contributed by atoms with van der Waals surface area (Å²) in [5, 5.41) is 4.87. The molecule has 3 N–H and O–H groups in total. The molecule has 0 atom stereocenters. The zero-order valence-electron chi connectivity index (χ0n) is 13.1. The van der Waals surface area contributed by atoms with Crippen molar-refractivity contribution in [1.82, 2.24) is 10.3 Å². The van der Waals surface area contributed by atoms with E-state index in [-0.39, 0.29) is 5.91 Å². The van der Waals surface area contributed by atoms with Gasteiger partial charge in [0.1, 0.15) is 9.71 Å². The Morgan fingerprint density at radius 1 is 1.25 bits per heavy atom. The van der Waals surface area contributed by atoms with Gasteiger partial charge in [0.05, 0.1) is 16.4 Å². The number of nitrogens with one attached hydrogen (secondary N) is 1. The van der Waals surface area contributed by atoms with Crippen molar-refractivity contribution in [2.24, 2.45) is 0 Å². The Morgan fingerprint density at radius 3 is 2.58 bits per heavy atom. The zero-order chi connectivity index (χ0) is 17.4. The van der Waals surface area contributed by atoms with Crippen LogP contribution in [0, 0.1) is 13.8 Å². The molecule has 3 rings (SSSR count). The second kappa shape index (κ2) is 6.59. The number of halogens is 2. The van der Waals surface area contributed by atoms with Crippen molar-refractivity contribution in [3.63, 3.8) is 0 Å². The van der Waals surface area contributed by atoms with Gasteiger partial charge in [-0.3, -0.25) is 4.79 Å². The first-order chi connectivity index (χ1) is 11.4. The predicted molar refractivity (Wildman–Crippen MR) is 101 cm³/mol. The highest BCUT2D eigenvalue weighted by molar-refractivity contribution is 7.21. The molecule has 0 radical (unpaired) electrons. The zero-order valence-corrected chi connectivity index (χ0v) is 15.4. The van der Waals surface area contributed by atoms with Crippen LogP contribution < -0.4 is 11.1 Å². The van der Waals surface area contributed by atoms with Crippen molar-refractivity contribution in [2.75, 3.05) is 5.73 Å². The van der Waals surface area contributed by atoms with Crippen LogP contribution in [0.2, 0.25) is 10.0 Å². The molecule has 4 nitrogen and oxygen atoms in total. The lowest BCUT2D eigenvalue weighted by molar-refractivity contribution is 0.0956. The lowest BCUT2D eigenvalue weighted by atomic mass is 10.1. The summed E-state index contributed by atoms with van der Waals surface area (Å²) in [5.41, 5.74) is 9.15.